The fourth-order valence-corrected chi connectivity index (χ4v) is 9.64. The Labute approximate surface area is 448 Å². The summed E-state index contributed by atoms with van der Waals surface area (Å²) in [6.45, 7) is 6.53. The van der Waals surface area contributed by atoms with Crippen LogP contribution in [0.5, 0.6) is 0 Å². The number of hydrogen-bond acceptors (Lipinski definition) is 6. The first-order chi connectivity index (χ1) is 35.5. The van der Waals surface area contributed by atoms with Gasteiger partial charge in [-0.3, -0.25) is 14.4 Å². The van der Waals surface area contributed by atoms with Crippen LogP contribution in [-0.4, -0.2) is 37.2 Å². The smallest absolute Gasteiger partial charge is 0.306 e. The molecule has 0 bridgehead atoms. The van der Waals surface area contributed by atoms with Crippen molar-refractivity contribution in [2.75, 3.05) is 13.2 Å². The van der Waals surface area contributed by atoms with Gasteiger partial charge in [-0.2, -0.15) is 0 Å². The number of carbonyl (C=O) groups excluding carboxylic acids is 3. The van der Waals surface area contributed by atoms with Crippen LogP contribution in [0.4, 0.5) is 0 Å². The Hall–Kier alpha value is -2.37. The second-order valence-electron chi connectivity index (χ2n) is 21.7. The maximum atomic E-state index is 12.8. The molecule has 0 saturated heterocycles. The third-order valence-electron chi connectivity index (χ3n) is 14.4. The van der Waals surface area contributed by atoms with Gasteiger partial charge in [0.05, 0.1) is 0 Å². The molecule has 0 heterocycles. The van der Waals surface area contributed by atoms with E-state index in [9.17, 15) is 14.4 Å². The minimum atomic E-state index is -0.782. The minimum absolute atomic E-state index is 0.0797. The third-order valence-corrected chi connectivity index (χ3v) is 14.4. The predicted octanol–water partition coefficient (Wildman–Crippen LogP) is 21.6. The van der Waals surface area contributed by atoms with Crippen LogP contribution in [-0.2, 0) is 28.6 Å². The fraction of sp³-hybridized carbons (Fsp3) is 0.864. The molecular formula is C66H122O6. The Balaban J connectivity index is 3.98. The Morgan fingerprint density at radius 1 is 0.292 bits per heavy atom. The van der Waals surface area contributed by atoms with E-state index in [2.05, 4.69) is 57.2 Å². The molecule has 0 spiro atoms. The van der Waals surface area contributed by atoms with Crippen LogP contribution in [0.3, 0.4) is 0 Å². The monoisotopic (exact) mass is 1010 g/mol. The molecule has 0 aliphatic heterocycles. The predicted molar refractivity (Wildman–Crippen MR) is 312 cm³/mol. The van der Waals surface area contributed by atoms with Gasteiger partial charge in [0.25, 0.3) is 0 Å². The van der Waals surface area contributed by atoms with Crippen molar-refractivity contribution in [1.29, 1.82) is 0 Å². The van der Waals surface area contributed by atoms with E-state index in [4.69, 9.17) is 14.2 Å². The summed E-state index contributed by atoms with van der Waals surface area (Å²) in [6, 6.07) is 0. The number of esters is 3. The maximum Gasteiger partial charge on any atom is 0.306 e. The molecule has 0 aromatic heterocycles. The van der Waals surface area contributed by atoms with Crippen molar-refractivity contribution in [3.8, 4) is 0 Å². The molecule has 0 aliphatic carbocycles. The van der Waals surface area contributed by atoms with E-state index < -0.39 is 6.10 Å². The van der Waals surface area contributed by atoms with Gasteiger partial charge in [0, 0.05) is 19.3 Å². The molecule has 422 valence electrons. The van der Waals surface area contributed by atoms with Crippen molar-refractivity contribution < 1.29 is 28.6 Å². The zero-order valence-corrected chi connectivity index (χ0v) is 48.5. The Bertz CT molecular complexity index is 1210. The maximum absolute atomic E-state index is 12.8. The highest BCUT2D eigenvalue weighted by atomic mass is 16.6. The molecular weight excluding hydrogens is 889 g/mol. The third kappa shape index (κ3) is 58.5. The molecule has 6 heteroatoms. The average molecular weight is 1010 g/mol. The molecule has 0 N–H and O–H groups in total. The minimum Gasteiger partial charge on any atom is -0.462 e. The van der Waals surface area contributed by atoms with Crippen LogP contribution >= 0.6 is 0 Å². The first kappa shape index (κ1) is 69.6. The largest absolute Gasteiger partial charge is 0.462 e. The van der Waals surface area contributed by atoms with Crippen molar-refractivity contribution in [3.05, 3.63) is 36.5 Å². The number of hydrogen-bond donors (Lipinski definition) is 0. The van der Waals surface area contributed by atoms with E-state index in [0.717, 1.165) is 83.5 Å². The molecule has 6 nitrogen and oxygen atoms in total. The summed E-state index contributed by atoms with van der Waals surface area (Å²) in [5.41, 5.74) is 0. The van der Waals surface area contributed by atoms with Crippen LogP contribution in [0.25, 0.3) is 0 Å². The van der Waals surface area contributed by atoms with E-state index in [-0.39, 0.29) is 31.1 Å². The summed E-state index contributed by atoms with van der Waals surface area (Å²) >= 11 is 0. The lowest BCUT2D eigenvalue weighted by Gasteiger charge is -2.18. The van der Waals surface area contributed by atoms with E-state index >= 15 is 0 Å². The highest BCUT2D eigenvalue weighted by Crippen LogP contribution is 2.18. The summed E-state index contributed by atoms with van der Waals surface area (Å²) < 4.78 is 16.8. The molecule has 1 atom stereocenters. The van der Waals surface area contributed by atoms with Gasteiger partial charge in [0.1, 0.15) is 13.2 Å². The second-order valence-corrected chi connectivity index (χ2v) is 21.7. The van der Waals surface area contributed by atoms with Gasteiger partial charge in [-0.25, -0.2) is 0 Å². The lowest BCUT2D eigenvalue weighted by Crippen LogP contribution is -2.30. The van der Waals surface area contributed by atoms with Gasteiger partial charge in [-0.1, -0.05) is 314 Å². The standard InChI is InChI=1S/C66H122O6/c1-4-7-10-13-16-19-21-23-24-25-26-27-28-29-30-31-32-33-34-35-36-37-38-39-40-41-43-44-47-50-53-56-59-65(68)71-62-63(61-70-64(67)58-55-52-49-46-18-15-12-9-6-3)72-66(69)60-57-54-51-48-45-42-22-20-17-14-11-8-5-2/h8,11,17,20,42,45,63H,4-7,9-10,12-16,18-19,21-41,43-44,46-62H2,1-3H3/b11-8-,20-17-,45-42-. The normalized spacial score (nSPS) is 12.2. The van der Waals surface area contributed by atoms with Crippen molar-refractivity contribution in [2.45, 2.75) is 354 Å². The molecule has 72 heavy (non-hydrogen) atoms. The van der Waals surface area contributed by atoms with Crippen LogP contribution in [0.15, 0.2) is 36.5 Å². The number of rotatable bonds is 59. The Morgan fingerprint density at radius 3 is 0.847 bits per heavy atom. The quantitative estimate of drug-likeness (QED) is 0.0261. The first-order valence-electron chi connectivity index (χ1n) is 32.0. The van der Waals surface area contributed by atoms with Crippen LogP contribution in [0.2, 0.25) is 0 Å². The average Bonchev–Trinajstić information content (AvgIpc) is 3.38. The van der Waals surface area contributed by atoms with Crippen molar-refractivity contribution in [1.82, 2.24) is 0 Å². The van der Waals surface area contributed by atoms with E-state index in [1.807, 2.05) is 0 Å². The van der Waals surface area contributed by atoms with E-state index in [1.54, 1.807) is 0 Å². The van der Waals surface area contributed by atoms with Gasteiger partial charge in [0.15, 0.2) is 6.10 Å². The van der Waals surface area contributed by atoms with Gasteiger partial charge < -0.3 is 14.2 Å². The Morgan fingerprint density at radius 2 is 0.542 bits per heavy atom. The SMILES string of the molecule is CC/C=C\C/C=C\C/C=C\CCCCCC(=O)OC(COC(=O)CCCCCCCCCCC)COC(=O)CCCCCCCCCCCCCCCCCCCCCCCCCCCCCCCCCC. The summed E-state index contributed by atoms with van der Waals surface area (Å²) in [4.78, 5) is 38.0. The summed E-state index contributed by atoms with van der Waals surface area (Å²) in [6.07, 6.45) is 74.9. The second kappa shape index (κ2) is 61.2. The molecule has 0 rings (SSSR count). The highest BCUT2D eigenvalue weighted by molar-refractivity contribution is 5.71. The molecule has 0 aromatic rings. The van der Waals surface area contributed by atoms with Crippen molar-refractivity contribution >= 4 is 17.9 Å². The summed E-state index contributed by atoms with van der Waals surface area (Å²) in [5, 5.41) is 0. The topological polar surface area (TPSA) is 78.9 Å². The summed E-state index contributed by atoms with van der Waals surface area (Å²) in [5.74, 6) is -0.895. The van der Waals surface area contributed by atoms with Gasteiger partial charge in [0.2, 0.25) is 0 Å². The zero-order chi connectivity index (χ0) is 52.2. The van der Waals surface area contributed by atoms with Gasteiger partial charge >= 0.3 is 17.9 Å². The van der Waals surface area contributed by atoms with Crippen LogP contribution in [0, 0.1) is 0 Å². The molecule has 0 aromatic carbocycles. The first-order valence-corrected chi connectivity index (χ1v) is 32.0. The van der Waals surface area contributed by atoms with Crippen molar-refractivity contribution in [2.24, 2.45) is 0 Å². The van der Waals surface area contributed by atoms with Crippen LogP contribution < -0.4 is 0 Å². The number of carbonyl (C=O) groups is 3. The van der Waals surface area contributed by atoms with Gasteiger partial charge in [-0.05, 0) is 51.4 Å². The lowest BCUT2D eigenvalue weighted by atomic mass is 10.0. The van der Waals surface area contributed by atoms with E-state index in [1.165, 1.54) is 225 Å². The lowest BCUT2D eigenvalue weighted by molar-refractivity contribution is -0.167. The molecule has 0 saturated carbocycles. The van der Waals surface area contributed by atoms with Crippen molar-refractivity contribution in [3.63, 3.8) is 0 Å². The molecule has 0 radical (unpaired) electrons. The number of ether oxygens (including phenoxy) is 3. The molecule has 1 unspecified atom stereocenters. The van der Waals surface area contributed by atoms with E-state index in [0.29, 0.717) is 19.3 Å². The molecule has 0 amide bonds. The number of unbranched alkanes of at least 4 members (excludes halogenated alkanes) is 42. The Kier molecular flexibility index (Phi) is 59.2. The van der Waals surface area contributed by atoms with Gasteiger partial charge in [-0.15, -0.1) is 0 Å². The molecule has 0 aliphatic rings. The highest BCUT2D eigenvalue weighted by Gasteiger charge is 2.19. The number of allylic oxidation sites excluding steroid dienone is 6. The molecule has 0 fully saturated rings. The summed E-state index contributed by atoms with van der Waals surface area (Å²) in [7, 11) is 0. The van der Waals surface area contributed by atoms with Crippen LogP contribution in [0.1, 0.15) is 348 Å². The zero-order valence-electron chi connectivity index (χ0n) is 48.5. The fourth-order valence-electron chi connectivity index (χ4n) is 9.64.